The van der Waals surface area contributed by atoms with Crippen LogP contribution in [0.4, 0.5) is 0 Å². The van der Waals surface area contributed by atoms with Crippen LogP contribution in [0.2, 0.25) is 0 Å². The average Bonchev–Trinajstić information content (AvgIpc) is 2.67. The minimum atomic E-state index is 0.848. The summed E-state index contributed by atoms with van der Waals surface area (Å²) in [5.74, 6) is 0.848. The van der Waals surface area contributed by atoms with Crippen LogP contribution in [0.3, 0.4) is 0 Å². The summed E-state index contributed by atoms with van der Waals surface area (Å²) in [4.78, 5) is 8.68. The maximum Gasteiger partial charge on any atom is 0.107 e. The van der Waals surface area contributed by atoms with Gasteiger partial charge in [0.05, 0.1) is 12.2 Å². The molecule has 1 atom stereocenters. The third kappa shape index (κ3) is 3.77. The topological polar surface area (TPSA) is 28.2 Å². The molecule has 1 saturated heterocycles. The molecule has 1 fully saturated rings. The summed E-state index contributed by atoms with van der Waals surface area (Å²) in [7, 11) is 0. The number of nitrogens with zero attached hydrogens (tertiary/aromatic N) is 2. The van der Waals surface area contributed by atoms with Crippen LogP contribution in [0.1, 0.15) is 42.3 Å². The van der Waals surface area contributed by atoms with Gasteiger partial charge in [-0.3, -0.25) is 4.90 Å². The zero-order chi connectivity index (χ0) is 13.0. The molecule has 1 aliphatic heterocycles. The number of nitrogens with one attached hydrogen (secondary N) is 1. The van der Waals surface area contributed by atoms with Crippen LogP contribution >= 0.6 is 11.3 Å². The Balaban J connectivity index is 1.92. The SMILES string of the molecule is CCNCc1sc(CN2CCCC(C)C2)nc1C. The van der Waals surface area contributed by atoms with Crippen LogP contribution in [-0.4, -0.2) is 29.5 Å². The van der Waals surface area contributed by atoms with Gasteiger partial charge in [0.25, 0.3) is 0 Å². The summed E-state index contributed by atoms with van der Waals surface area (Å²) in [6, 6.07) is 0. The summed E-state index contributed by atoms with van der Waals surface area (Å²) in [5.41, 5.74) is 1.21. The molecule has 0 saturated carbocycles. The Morgan fingerprint density at radius 2 is 2.33 bits per heavy atom. The number of hydrogen-bond donors (Lipinski definition) is 1. The van der Waals surface area contributed by atoms with Gasteiger partial charge in [0.1, 0.15) is 5.01 Å². The number of hydrogen-bond acceptors (Lipinski definition) is 4. The molecule has 18 heavy (non-hydrogen) atoms. The first-order valence-electron chi connectivity index (χ1n) is 7.07. The first-order chi connectivity index (χ1) is 8.69. The Bertz CT molecular complexity index is 375. The second-order valence-electron chi connectivity index (χ2n) is 5.38. The quantitative estimate of drug-likeness (QED) is 0.889. The summed E-state index contributed by atoms with van der Waals surface area (Å²) < 4.78 is 0. The fourth-order valence-electron chi connectivity index (χ4n) is 2.58. The first kappa shape index (κ1) is 14.0. The molecule has 1 aromatic heterocycles. The first-order valence-corrected chi connectivity index (χ1v) is 7.89. The van der Waals surface area contributed by atoms with Crippen molar-refractivity contribution in [1.82, 2.24) is 15.2 Å². The lowest BCUT2D eigenvalue weighted by molar-refractivity contribution is 0.176. The maximum atomic E-state index is 4.72. The van der Waals surface area contributed by atoms with Gasteiger partial charge < -0.3 is 5.32 Å². The van der Waals surface area contributed by atoms with E-state index in [2.05, 4.69) is 31.0 Å². The van der Waals surface area contributed by atoms with E-state index in [1.54, 1.807) is 0 Å². The molecule has 2 rings (SSSR count). The zero-order valence-electron chi connectivity index (χ0n) is 11.8. The molecule has 1 aliphatic rings. The molecule has 0 bridgehead atoms. The maximum absolute atomic E-state index is 4.72. The summed E-state index contributed by atoms with van der Waals surface area (Å²) in [6.45, 7) is 12.1. The smallest absolute Gasteiger partial charge is 0.107 e. The van der Waals surface area contributed by atoms with Gasteiger partial charge in [0.2, 0.25) is 0 Å². The van der Waals surface area contributed by atoms with Crippen LogP contribution in [0.25, 0.3) is 0 Å². The molecular formula is C14H25N3S. The predicted molar refractivity (Wildman–Crippen MR) is 77.9 cm³/mol. The minimum absolute atomic E-state index is 0.848. The lowest BCUT2D eigenvalue weighted by atomic mass is 10.0. The highest BCUT2D eigenvalue weighted by atomic mass is 32.1. The highest BCUT2D eigenvalue weighted by Gasteiger charge is 2.18. The van der Waals surface area contributed by atoms with E-state index in [4.69, 9.17) is 4.98 Å². The van der Waals surface area contributed by atoms with Crippen molar-refractivity contribution in [2.45, 2.75) is 46.7 Å². The van der Waals surface area contributed by atoms with Crippen molar-refractivity contribution in [3.05, 3.63) is 15.6 Å². The molecule has 0 aromatic carbocycles. The normalized spacial score (nSPS) is 21.4. The van der Waals surface area contributed by atoms with Gasteiger partial charge in [-0.2, -0.15) is 0 Å². The molecule has 0 spiro atoms. The lowest BCUT2D eigenvalue weighted by Gasteiger charge is -2.29. The number of aromatic nitrogens is 1. The highest BCUT2D eigenvalue weighted by Crippen LogP contribution is 2.22. The van der Waals surface area contributed by atoms with Crippen molar-refractivity contribution >= 4 is 11.3 Å². The van der Waals surface area contributed by atoms with Gasteiger partial charge in [0, 0.05) is 18.0 Å². The van der Waals surface area contributed by atoms with Crippen LogP contribution in [0, 0.1) is 12.8 Å². The van der Waals surface area contributed by atoms with Crippen LogP contribution in [-0.2, 0) is 13.1 Å². The Labute approximate surface area is 115 Å². The third-order valence-corrected chi connectivity index (χ3v) is 4.71. The van der Waals surface area contributed by atoms with Crippen molar-refractivity contribution in [1.29, 1.82) is 0 Å². The Kier molecular flexibility index (Phi) is 5.15. The van der Waals surface area contributed by atoms with Gasteiger partial charge in [-0.05, 0) is 38.8 Å². The molecule has 1 aromatic rings. The fraction of sp³-hybridized carbons (Fsp3) is 0.786. The lowest BCUT2D eigenvalue weighted by Crippen LogP contribution is -2.33. The molecule has 1 N–H and O–H groups in total. The number of piperidine rings is 1. The van der Waals surface area contributed by atoms with E-state index in [0.717, 1.165) is 25.6 Å². The fourth-order valence-corrected chi connectivity index (χ4v) is 3.66. The summed E-state index contributed by atoms with van der Waals surface area (Å²) in [6.07, 6.45) is 2.73. The van der Waals surface area contributed by atoms with E-state index in [-0.39, 0.29) is 0 Å². The van der Waals surface area contributed by atoms with Crippen molar-refractivity contribution < 1.29 is 0 Å². The standard InChI is InChI=1S/C14H25N3S/c1-4-15-8-13-12(3)16-14(18-13)10-17-7-5-6-11(2)9-17/h11,15H,4-10H2,1-3H3. The third-order valence-electron chi connectivity index (χ3n) is 3.57. The van der Waals surface area contributed by atoms with Gasteiger partial charge in [-0.1, -0.05) is 13.8 Å². The molecule has 0 amide bonds. The van der Waals surface area contributed by atoms with Crippen molar-refractivity contribution in [3.8, 4) is 0 Å². The van der Waals surface area contributed by atoms with Crippen LogP contribution in [0.5, 0.6) is 0 Å². The van der Waals surface area contributed by atoms with Crippen molar-refractivity contribution in [2.24, 2.45) is 5.92 Å². The van der Waals surface area contributed by atoms with Gasteiger partial charge >= 0.3 is 0 Å². The van der Waals surface area contributed by atoms with Crippen molar-refractivity contribution in [3.63, 3.8) is 0 Å². The van der Waals surface area contributed by atoms with E-state index in [0.29, 0.717) is 0 Å². The van der Waals surface area contributed by atoms with Crippen LogP contribution in [0.15, 0.2) is 0 Å². The van der Waals surface area contributed by atoms with Crippen molar-refractivity contribution in [2.75, 3.05) is 19.6 Å². The molecule has 2 heterocycles. The Hall–Kier alpha value is -0.450. The molecular weight excluding hydrogens is 242 g/mol. The van der Waals surface area contributed by atoms with E-state index >= 15 is 0 Å². The zero-order valence-corrected chi connectivity index (χ0v) is 12.6. The van der Waals surface area contributed by atoms with Gasteiger partial charge in [-0.25, -0.2) is 4.98 Å². The van der Waals surface area contributed by atoms with E-state index in [1.165, 1.54) is 41.5 Å². The summed E-state index contributed by atoms with van der Waals surface area (Å²) >= 11 is 1.88. The molecule has 0 radical (unpaired) electrons. The number of rotatable bonds is 5. The monoisotopic (exact) mass is 267 g/mol. The molecule has 4 heteroatoms. The number of aryl methyl sites for hydroxylation is 1. The van der Waals surface area contributed by atoms with Gasteiger partial charge in [-0.15, -0.1) is 11.3 Å². The van der Waals surface area contributed by atoms with E-state index in [1.807, 2.05) is 11.3 Å². The Morgan fingerprint density at radius 1 is 1.50 bits per heavy atom. The molecule has 1 unspecified atom stereocenters. The minimum Gasteiger partial charge on any atom is -0.312 e. The van der Waals surface area contributed by atoms with E-state index < -0.39 is 0 Å². The number of likely N-dealkylation sites (tertiary alicyclic amines) is 1. The predicted octanol–water partition coefficient (Wildman–Crippen LogP) is 2.79. The second-order valence-corrected chi connectivity index (χ2v) is 6.55. The highest BCUT2D eigenvalue weighted by molar-refractivity contribution is 7.11. The number of thiazole rings is 1. The average molecular weight is 267 g/mol. The molecule has 0 aliphatic carbocycles. The summed E-state index contributed by atoms with van der Waals surface area (Å²) in [5, 5.41) is 4.67. The molecule has 102 valence electrons. The van der Waals surface area contributed by atoms with Gasteiger partial charge in [0.15, 0.2) is 0 Å². The largest absolute Gasteiger partial charge is 0.312 e. The molecule has 3 nitrogen and oxygen atoms in total. The van der Waals surface area contributed by atoms with E-state index in [9.17, 15) is 0 Å². The van der Waals surface area contributed by atoms with Crippen LogP contribution < -0.4 is 5.32 Å². The second kappa shape index (κ2) is 6.64. The Morgan fingerprint density at radius 3 is 3.06 bits per heavy atom.